The van der Waals surface area contributed by atoms with E-state index in [4.69, 9.17) is 10.3 Å². The highest BCUT2D eigenvalue weighted by Crippen LogP contribution is 2.32. The third-order valence-corrected chi connectivity index (χ3v) is 1.89. The lowest BCUT2D eigenvalue weighted by atomic mass is 10.1. The Hall–Kier alpha value is -1.28. The molecule has 0 amide bonds. The molecule has 1 aromatic carbocycles. The average molecular weight is 199 g/mol. The van der Waals surface area contributed by atoms with Gasteiger partial charge in [-0.05, 0) is 13.0 Å². The van der Waals surface area contributed by atoms with Crippen molar-refractivity contribution in [3.05, 3.63) is 17.7 Å². The molecule has 0 aliphatic rings. The van der Waals surface area contributed by atoms with Crippen molar-refractivity contribution in [1.82, 2.24) is 0 Å². The van der Waals surface area contributed by atoms with Crippen molar-refractivity contribution < 1.29 is 14.4 Å². The maximum absolute atomic E-state index is 11.0. The van der Waals surface area contributed by atoms with E-state index in [1.807, 2.05) is 9.47 Å². The van der Waals surface area contributed by atoms with Crippen LogP contribution >= 0.6 is 9.47 Å². The Kier molecular flexibility index (Phi) is 2.73. The number of hydrogen-bond acceptors (Lipinski definition) is 4. The van der Waals surface area contributed by atoms with Gasteiger partial charge in [-0.2, -0.15) is 0 Å². The van der Waals surface area contributed by atoms with E-state index in [-0.39, 0.29) is 17.3 Å². The number of phenolic OH excluding ortho intramolecular Hbond substituents is 1. The molecule has 0 heterocycles. The minimum atomic E-state index is -0.192. The lowest BCUT2D eigenvalue weighted by molar-refractivity contribution is 0.101. The molecular weight excluding hydrogens is 189 g/mol. The number of carbonyl (C=O) groups is 1. The van der Waals surface area contributed by atoms with Crippen LogP contribution in [0.25, 0.3) is 0 Å². The summed E-state index contributed by atoms with van der Waals surface area (Å²) < 4.78 is 4.74. The lowest BCUT2D eigenvalue weighted by Gasteiger charge is -2.06. The zero-order valence-electron chi connectivity index (χ0n) is 7.07. The number of anilines is 1. The van der Waals surface area contributed by atoms with Gasteiger partial charge in [-0.3, -0.25) is 4.79 Å². The summed E-state index contributed by atoms with van der Waals surface area (Å²) in [4.78, 5) is 11.0. The third kappa shape index (κ3) is 1.90. The summed E-state index contributed by atoms with van der Waals surface area (Å²) in [6.07, 6.45) is 0. The Morgan fingerprint density at radius 2 is 2.23 bits per heavy atom. The van der Waals surface area contributed by atoms with E-state index in [1.54, 1.807) is 0 Å². The first-order valence-corrected chi connectivity index (χ1v) is 4.03. The summed E-state index contributed by atoms with van der Waals surface area (Å²) in [5, 5.41) is 9.32. The van der Waals surface area contributed by atoms with Gasteiger partial charge in [0.05, 0.1) is 9.47 Å². The predicted molar refractivity (Wildman–Crippen MR) is 52.9 cm³/mol. The molecule has 0 aliphatic heterocycles. The molecule has 1 rings (SSSR count). The number of nitrogen functional groups attached to an aromatic ring is 1. The van der Waals surface area contributed by atoms with Crippen molar-refractivity contribution in [2.45, 2.75) is 6.92 Å². The zero-order valence-corrected chi connectivity index (χ0v) is 8.23. The molecule has 5 heteroatoms. The molecule has 0 fully saturated rings. The maximum atomic E-state index is 11.0. The van der Waals surface area contributed by atoms with Crippen LogP contribution < -0.4 is 10.3 Å². The van der Waals surface area contributed by atoms with Crippen molar-refractivity contribution in [2.24, 2.45) is 0 Å². The highest BCUT2D eigenvalue weighted by atomic mass is 31.0. The minimum absolute atomic E-state index is 0.102. The van der Waals surface area contributed by atoms with E-state index in [9.17, 15) is 9.90 Å². The van der Waals surface area contributed by atoms with E-state index < -0.39 is 0 Å². The molecule has 0 radical (unpaired) electrons. The zero-order chi connectivity index (χ0) is 10.0. The molecule has 1 atom stereocenters. The van der Waals surface area contributed by atoms with Gasteiger partial charge in [-0.1, -0.05) is 0 Å². The van der Waals surface area contributed by atoms with Crippen LogP contribution in [-0.2, 0) is 0 Å². The van der Waals surface area contributed by atoms with Gasteiger partial charge >= 0.3 is 0 Å². The largest absolute Gasteiger partial charge is 0.504 e. The molecule has 0 bridgehead atoms. The number of phenols is 1. The van der Waals surface area contributed by atoms with Crippen LogP contribution in [-0.4, -0.2) is 10.9 Å². The monoisotopic (exact) mass is 199 g/mol. The Morgan fingerprint density at radius 3 is 2.69 bits per heavy atom. The average Bonchev–Trinajstić information content (AvgIpc) is 2.07. The molecule has 0 aromatic heterocycles. The van der Waals surface area contributed by atoms with E-state index >= 15 is 0 Å². The number of hydrogen-bond donors (Lipinski definition) is 2. The fourth-order valence-corrected chi connectivity index (χ4v) is 1.17. The van der Waals surface area contributed by atoms with Gasteiger partial charge in [0.2, 0.25) is 0 Å². The van der Waals surface area contributed by atoms with E-state index in [0.717, 1.165) is 0 Å². The van der Waals surface area contributed by atoms with E-state index in [0.29, 0.717) is 11.3 Å². The third-order valence-electron chi connectivity index (χ3n) is 1.64. The quantitative estimate of drug-likeness (QED) is 0.326. The second-order valence-electron chi connectivity index (χ2n) is 2.58. The summed E-state index contributed by atoms with van der Waals surface area (Å²) in [5.74, 6) is -0.0648. The van der Waals surface area contributed by atoms with Gasteiger partial charge < -0.3 is 15.4 Å². The summed E-state index contributed by atoms with van der Waals surface area (Å²) in [6, 6.07) is 2.69. The summed E-state index contributed by atoms with van der Waals surface area (Å²) in [5.41, 5.74) is 6.13. The van der Waals surface area contributed by atoms with Crippen LogP contribution in [0.1, 0.15) is 17.3 Å². The van der Waals surface area contributed by atoms with Crippen LogP contribution in [0.4, 0.5) is 5.69 Å². The minimum Gasteiger partial charge on any atom is -0.504 e. The molecule has 0 aliphatic carbocycles. The van der Waals surface area contributed by atoms with Crippen molar-refractivity contribution in [2.75, 3.05) is 5.73 Å². The second-order valence-corrected chi connectivity index (χ2v) is 2.82. The van der Waals surface area contributed by atoms with Gasteiger partial charge in [0.25, 0.3) is 0 Å². The number of ketones is 1. The number of aromatic hydroxyl groups is 1. The van der Waals surface area contributed by atoms with Gasteiger partial charge in [-0.15, -0.1) is 0 Å². The number of Topliss-reactive ketones (excluding diaryl/α,β-unsaturated/α-hetero) is 1. The smallest absolute Gasteiger partial charge is 0.166 e. The standard InChI is InChI=1S/C8H10NO3P/c1-4(10)5-2-7(11)8(12-13)3-6(5)9/h2-3,11H,9,13H2,1H3. The normalized spacial score (nSPS) is 9.69. The van der Waals surface area contributed by atoms with Crippen LogP contribution in [0.3, 0.4) is 0 Å². The first-order chi connectivity index (χ1) is 6.06. The highest BCUT2D eigenvalue weighted by molar-refractivity contribution is 7.10. The summed E-state index contributed by atoms with van der Waals surface area (Å²) in [7, 11) is 1.99. The van der Waals surface area contributed by atoms with Gasteiger partial charge in [0.1, 0.15) is 0 Å². The van der Waals surface area contributed by atoms with Crippen LogP contribution in [0, 0.1) is 0 Å². The Labute approximate surface area is 78.0 Å². The van der Waals surface area contributed by atoms with Crippen molar-refractivity contribution in [3.63, 3.8) is 0 Å². The lowest BCUT2D eigenvalue weighted by Crippen LogP contribution is -1.99. The first kappa shape index (κ1) is 9.81. The molecule has 1 aromatic rings. The predicted octanol–water partition coefficient (Wildman–Crippen LogP) is 1.35. The van der Waals surface area contributed by atoms with Crippen LogP contribution in [0.2, 0.25) is 0 Å². The molecule has 70 valence electrons. The Morgan fingerprint density at radius 1 is 1.62 bits per heavy atom. The van der Waals surface area contributed by atoms with Crippen LogP contribution in [0.15, 0.2) is 12.1 Å². The SMILES string of the molecule is CC(=O)c1cc(O)c(OP)cc1N. The molecule has 0 saturated carbocycles. The number of benzene rings is 1. The first-order valence-electron chi connectivity index (χ1n) is 3.56. The summed E-state index contributed by atoms with van der Waals surface area (Å²) in [6.45, 7) is 1.38. The van der Waals surface area contributed by atoms with Gasteiger partial charge in [0.15, 0.2) is 17.3 Å². The Balaban J connectivity index is 3.28. The maximum Gasteiger partial charge on any atom is 0.166 e. The summed E-state index contributed by atoms with van der Waals surface area (Å²) >= 11 is 0. The van der Waals surface area contributed by atoms with Crippen molar-refractivity contribution in [1.29, 1.82) is 0 Å². The van der Waals surface area contributed by atoms with E-state index in [2.05, 4.69) is 0 Å². The molecule has 13 heavy (non-hydrogen) atoms. The molecule has 4 nitrogen and oxygen atoms in total. The number of rotatable bonds is 2. The van der Waals surface area contributed by atoms with E-state index in [1.165, 1.54) is 19.1 Å². The molecule has 3 N–H and O–H groups in total. The van der Waals surface area contributed by atoms with Crippen molar-refractivity contribution >= 4 is 20.9 Å². The van der Waals surface area contributed by atoms with Crippen molar-refractivity contribution in [3.8, 4) is 11.5 Å². The van der Waals surface area contributed by atoms with Gasteiger partial charge in [-0.25, -0.2) is 0 Å². The topological polar surface area (TPSA) is 72.5 Å². The van der Waals surface area contributed by atoms with Crippen LogP contribution in [0.5, 0.6) is 11.5 Å². The number of nitrogens with two attached hydrogens (primary N) is 1. The highest BCUT2D eigenvalue weighted by Gasteiger charge is 2.10. The Bertz CT molecular complexity index is 351. The number of carbonyl (C=O) groups excluding carboxylic acids is 1. The second kappa shape index (κ2) is 3.62. The van der Waals surface area contributed by atoms with Gasteiger partial charge in [0, 0.05) is 17.3 Å². The fourth-order valence-electron chi connectivity index (χ4n) is 0.983. The fraction of sp³-hybridized carbons (Fsp3) is 0.125. The molecule has 0 spiro atoms. The molecule has 0 saturated heterocycles. The molecule has 1 unspecified atom stereocenters. The molecular formula is C8H10NO3P.